The Morgan fingerprint density at radius 2 is 1.72 bits per heavy atom. The molecule has 0 unspecified atom stereocenters. The molecule has 1 aliphatic carbocycles. The largest absolute Gasteiger partial charge is 0.424 e. The number of carbonyl (C=O) groups is 1. The van der Waals surface area contributed by atoms with Gasteiger partial charge >= 0.3 is 5.97 Å². The lowest BCUT2D eigenvalue weighted by atomic mass is 9.85. The van der Waals surface area contributed by atoms with Crippen LogP contribution in [0.3, 0.4) is 0 Å². The van der Waals surface area contributed by atoms with E-state index in [2.05, 4.69) is 0 Å². The van der Waals surface area contributed by atoms with Gasteiger partial charge in [-0.3, -0.25) is 4.79 Å². The van der Waals surface area contributed by atoms with Crippen LogP contribution in [0, 0.1) is 19.8 Å². The molecule has 0 N–H and O–H groups in total. The summed E-state index contributed by atoms with van der Waals surface area (Å²) in [4.78, 5) is 13.0. The Hall–Kier alpha value is -1.51. The van der Waals surface area contributed by atoms with Gasteiger partial charge in [-0.25, -0.2) is 0 Å². The monoisotopic (exact) mass is 376 g/mol. The van der Waals surface area contributed by atoms with Gasteiger partial charge in [0.25, 0.3) is 0 Å². The first-order valence-electron chi connectivity index (χ1n) is 8.71. The Morgan fingerprint density at radius 1 is 1.08 bits per heavy atom. The van der Waals surface area contributed by atoms with Crippen LogP contribution in [0.5, 0.6) is 5.75 Å². The second kappa shape index (κ2) is 7.80. The fourth-order valence-corrected chi connectivity index (χ4v) is 4.08. The second-order valence-electron chi connectivity index (χ2n) is 6.80. The molecule has 132 valence electrons. The van der Waals surface area contributed by atoms with Crippen molar-refractivity contribution in [3.63, 3.8) is 0 Å². The fraction of sp³-hybridized carbons (Fsp3) is 0.381. The van der Waals surface area contributed by atoms with E-state index < -0.39 is 0 Å². The summed E-state index contributed by atoms with van der Waals surface area (Å²) < 4.78 is 5.76. The number of aryl methyl sites for hydroxylation is 1. The van der Waals surface area contributed by atoms with Crippen molar-refractivity contribution in [3.05, 3.63) is 63.1 Å². The van der Waals surface area contributed by atoms with Gasteiger partial charge in [-0.15, -0.1) is 0 Å². The predicted octanol–water partition coefficient (Wildman–Crippen LogP) is 6.49. The quantitative estimate of drug-likeness (QED) is 0.450. The lowest BCUT2D eigenvalue weighted by Gasteiger charge is -2.23. The maximum Gasteiger partial charge on any atom is 0.319 e. The zero-order valence-electron chi connectivity index (χ0n) is 14.5. The van der Waals surface area contributed by atoms with Crippen molar-refractivity contribution in [3.8, 4) is 5.75 Å². The van der Waals surface area contributed by atoms with Crippen LogP contribution >= 0.6 is 23.2 Å². The van der Waals surface area contributed by atoms with E-state index in [-0.39, 0.29) is 11.9 Å². The molecule has 1 fully saturated rings. The van der Waals surface area contributed by atoms with Crippen molar-refractivity contribution >= 4 is 29.2 Å². The lowest BCUT2D eigenvalue weighted by Crippen LogP contribution is -2.25. The van der Waals surface area contributed by atoms with Crippen molar-refractivity contribution in [1.29, 1.82) is 0 Å². The molecule has 3 rings (SSSR count). The average Bonchev–Trinajstić information content (AvgIpc) is 3.13. The summed E-state index contributed by atoms with van der Waals surface area (Å²) in [6, 6.07) is 11.6. The number of carbonyl (C=O) groups excluding carboxylic acids is 1. The van der Waals surface area contributed by atoms with Gasteiger partial charge in [0.1, 0.15) is 5.75 Å². The molecule has 2 aromatic rings. The number of hydrogen-bond acceptors (Lipinski definition) is 2. The molecule has 0 saturated heterocycles. The molecule has 1 aliphatic rings. The topological polar surface area (TPSA) is 26.3 Å². The Morgan fingerprint density at radius 3 is 2.36 bits per heavy atom. The first-order chi connectivity index (χ1) is 12.0. The van der Waals surface area contributed by atoms with E-state index in [0.29, 0.717) is 21.7 Å². The molecule has 2 nitrogen and oxygen atoms in total. The molecule has 0 bridgehead atoms. The van der Waals surface area contributed by atoms with Gasteiger partial charge < -0.3 is 4.74 Å². The van der Waals surface area contributed by atoms with Crippen LogP contribution in [0.2, 0.25) is 10.0 Å². The Balaban J connectivity index is 1.91. The summed E-state index contributed by atoms with van der Waals surface area (Å²) in [5.74, 6) is 0.227. The highest BCUT2D eigenvalue weighted by molar-refractivity contribution is 6.37. The first-order valence-corrected chi connectivity index (χ1v) is 9.46. The number of benzene rings is 2. The summed E-state index contributed by atoms with van der Waals surface area (Å²) in [6.45, 7) is 3.72. The van der Waals surface area contributed by atoms with Crippen LogP contribution < -0.4 is 4.74 Å². The molecular formula is C21H22Cl2O2. The Kier molecular flexibility index (Phi) is 5.71. The van der Waals surface area contributed by atoms with Crippen LogP contribution in [0.4, 0.5) is 0 Å². The highest BCUT2D eigenvalue weighted by Gasteiger charge is 2.34. The molecule has 0 radical (unpaired) electrons. The fourth-order valence-electron chi connectivity index (χ4n) is 3.70. The molecule has 4 heteroatoms. The number of esters is 1. The molecule has 0 aromatic heterocycles. The van der Waals surface area contributed by atoms with Gasteiger partial charge in [-0.05, 0) is 55.4 Å². The lowest BCUT2D eigenvalue weighted by molar-refractivity contribution is -0.137. The Labute approximate surface area is 159 Å². The van der Waals surface area contributed by atoms with Crippen LogP contribution in [0.25, 0.3) is 0 Å². The summed E-state index contributed by atoms with van der Waals surface area (Å²) >= 11 is 12.6. The zero-order valence-corrected chi connectivity index (χ0v) is 16.0. The molecule has 0 aliphatic heterocycles. The highest BCUT2D eigenvalue weighted by atomic mass is 35.5. The second-order valence-corrected chi connectivity index (χ2v) is 7.55. The summed E-state index contributed by atoms with van der Waals surface area (Å²) in [6.07, 6.45) is 4.45. The molecule has 1 saturated carbocycles. The SMILES string of the molecule is Cc1cc(OC(=O)[C@H](c2ccccc2)C2CCCC2)c(Cl)c(C)c1Cl. The van der Waals surface area contributed by atoms with E-state index in [9.17, 15) is 4.79 Å². The van der Waals surface area contributed by atoms with E-state index in [4.69, 9.17) is 27.9 Å². The van der Waals surface area contributed by atoms with E-state index >= 15 is 0 Å². The minimum atomic E-state index is -0.254. The van der Waals surface area contributed by atoms with Gasteiger partial charge in [0.2, 0.25) is 0 Å². The standard InChI is InChI=1S/C21H22Cl2O2/c1-13-12-17(20(23)14(2)19(13)22)25-21(24)18(16-10-6-7-11-16)15-8-4-3-5-9-15/h3-5,8-9,12,16,18H,6-7,10-11H2,1-2H3/t18-/m1/s1. The van der Waals surface area contributed by atoms with E-state index in [1.807, 2.05) is 44.2 Å². The molecule has 0 spiro atoms. The van der Waals surface area contributed by atoms with Crippen molar-refractivity contribution in [2.75, 3.05) is 0 Å². The molecule has 0 heterocycles. The van der Waals surface area contributed by atoms with Gasteiger partial charge in [-0.2, -0.15) is 0 Å². The summed E-state index contributed by atoms with van der Waals surface area (Å²) in [5, 5.41) is 1.02. The maximum atomic E-state index is 13.0. The molecule has 1 atom stereocenters. The zero-order chi connectivity index (χ0) is 18.0. The van der Waals surface area contributed by atoms with Gasteiger partial charge in [0.15, 0.2) is 0 Å². The number of halogens is 2. The molecule has 25 heavy (non-hydrogen) atoms. The van der Waals surface area contributed by atoms with E-state index in [1.165, 1.54) is 12.8 Å². The molecular weight excluding hydrogens is 355 g/mol. The van der Waals surface area contributed by atoms with Crippen LogP contribution in [0.1, 0.15) is 48.3 Å². The van der Waals surface area contributed by atoms with Gasteiger partial charge in [-0.1, -0.05) is 66.4 Å². The normalized spacial score (nSPS) is 16.0. The van der Waals surface area contributed by atoms with Crippen LogP contribution in [-0.4, -0.2) is 5.97 Å². The minimum Gasteiger partial charge on any atom is -0.424 e. The van der Waals surface area contributed by atoms with Gasteiger partial charge in [0.05, 0.1) is 10.9 Å². The smallest absolute Gasteiger partial charge is 0.319 e. The van der Waals surface area contributed by atoms with Crippen molar-refractivity contribution in [2.24, 2.45) is 5.92 Å². The molecule has 0 amide bonds. The Bertz CT molecular complexity index is 765. The van der Waals surface area contributed by atoms with Crippen molar-refractivity contribution in [1.82, 2.24) is 0 Å². The summed E-state index contributed by atoms with van der Waals surface area (Å²) in [5.41, 5.74) is 2.60. The van der Waals surface area contributed by atoms with E-state index in [0.717, 1.165) is 29.5 Å². The highest BCUT2D eigenvalue weighted by Crippen LogP contribution is 2.40. The van der Waals surface area contributed by atoms with Crippen LogP contribution in [-0.2, 0) is 4.79 Å². The first kappa shape index (κ1) is 18.3. The van der Waals surface area contributed by atoms with Crippen LogP contribution in [0.15, 0.2) is 36.4 Å². The predicted molar refractivity (Wildman–Crippen MR) is 103 cm³/mol. The number of ether oxygens (including phenoxy) is 1. The average molecular weight is 377 g/mol. The van der Waals surface area contributed by atoms with E-state index in [1.54, 1.807) is 6.07 Å². The van der Waals surface area contributed by atoms with Crippen molar-refractivity contribution < 1.29 is 9.53 Å². The summed E-state index contributed by atoms with van der Waals surface area (Å²) in [7, 11) is 0. The number of rotatable bonds is 4. The third kappa shape index (κ3) is 3.86. The number of hydrogen-bond donors (Lipinski definition) is 0. The van der Waals surface area contributed by atoms with Gasteiger partial charge in [0, 0.05) is 5.02 Å². The third-order valence-electron chi connectivity index (χ3n) is 5.06. The molecule has 2 aromatic carbocycles. The minimum absolute atomic E-state index is 0.235. The van der Waals surface area contributed by atoms with Crippen molar-refractivity contribution in [2.45, 2.75) is 45.4 Å². The third-order valence-corrected chi connectivity index (χ3v) is 6.11. The maximum absolute atomic E-state index is 13.0.